The lowest BCUT2D eigenvalue weighted by Crippen LogP contribution is -2.27. The lowest BCUT2D eigenvalue weighted by atomic mass is 10.1. The number of methoxy groups -OCH3 is 1. The molecule has 0 aliphatic rings. The highest BCUT2D eigenvalue weighted by Gasteiger charge is 2.04. The molecule has 3 rings (SSSR count). The van der Waals surface area contributed by atoms with E-state index >= 15 is 0 Å². The fourth-order valence-corrected chi connectivity index (χ4v) is 2.95. The van der Waals surface area contributed by atoms with Crippen LogP contribution in [0, 0.1) is 6.92 Å². The SMILES string of the molecule is COc1cccc(COCC(=O)NCc2ccc(OCc3cccc(C)c3)cc2)c1. The number of hydrogen-bond donors (Lipinski definition) is 1. The number of amides is 1. The molecular weight excluding hydrogens is 378 g/mol. The van der Waals surface area contributed by atoms with Crippen molar-refractivity contribution in [3.63, 3.8) is 0 Å². The highest BCUT2D eigenvalue weighted by molar-refractivity contribution is 5.77. The smallest absolute Gasteiger partial charge is 0.246 e. The van der Waals surface area contributed by atoms with Crippen molar-refractivity contribution >= 4 is 5.91 Å². The van der Waals surface area contributed by atoms with Gasteiger partial charge in [-0.3, -0.25) is 4.79 Å². The molecule has 1 amide bonds. The summed E-state index contributed by atoms with van der Waals surface area (Å²) in [5.41, 5.74) is 4.32. The summed E-state index contributed by atoms with van der Waals surface area (Å²) in [4.78, 5) is 12.0. The van der Waals surface area contributed by atoms with Gasteiger partial charge in [-0.15, -0.1) is 0 Å². The van der Waals surface area contributed by atoms with E-state index in [4.69, 9.17) is 14.2 Å². The molecule has 0 fully saturated rings. The molecule has 0 saturated heterocycles. The van der Waals surface area contributed by atoms with Crippen molar-refractivity contribution < 1.29 is 19.0 Å². The summed E-state index contributed by atoms with van der Waals surface area (Å²) in [6, 6.07) is 23.6. The average molecular weight is 405 g/mol. The number of ether oxygens (including phenoxy) is 3. The molecule has 0 heterocycles. The quantitative estimate of drug-likeness (QED) is 0.543. The Labute approximate surface area is 177 Å². The van der Waals surface area contributed by atoms with Crippen LogP contribution in [0.25, 0.3) is 0 Å². The Morgan fingerprint density at radius 3 is 2.30 bits per heavy atom. The van der Waals surface area contributed by atoms with Crippen molar-refractivity contribution in [2.24, 2.45) is 0 Å². The minimum atomic E-state index is -0.155. The largest absolute Gasteiger partial charge is 0.497 e. The number of hydrogen-bond acceptors (Lipinski definition) is 4. The predicted molar refractivity (Wildman–Crippen MR) is 116 cm³/mol. The Kier molecular flexibility index (Phi) is 7.86. The highest BCUT2D eigenvalue weighted by Crippen LogP contribution is 2.15. The number of nitrogens with one attached hydrogen (secondary N) is 1. The van der Waals surface area contributed by atoms with E-state index in [1.165, 1.54) is 5.56 Å². The Morgan fingerprint density at radius 1 is 0.833 bits per heavy atom. The summed E-state index contributed by atoms with van der Waals surface area (Å²) >= 11 is 0. The second-order valence-corrected chi connectivity index (χ2v) is 7.04. The number of carbonyl (C=O) groups is 1. The van der Waals surface area contributed by atoms with Crippen molar-refractivity contribution in [2.45, 2.75) is 26.7 Å². The first-order chi connectivity index (χ1) is 14.6. The molecule has 30 heavy (non-hydrogen) atoms. The molecule has 3 aromatic carbocycles. The molecular formula is C25H27NO4. The van der Waals surface area contributed by atoms with Gasteiger partial charge in [0.1, 0.15) is 24.7 Å². The first-order valence-corrected chi connectivity index (χ1v) is 9.87. The van der Waals surface area contributed by atoms with Gasteiger partial charge in [-0.2, -0.15) is 0 Å². The standard InChI is InChI=1S/C25H27NO4/c1-19-5-3-6-21(13-19)17-30-23-11-9-20(10-12-23)15-26-25(27)18-29-16-22-7-4-8-24(14-22)28-2/h3-14H,15-18H2,1-2H3,(H,26,27). The average Bonchev–Trinajstić information content (AvgIpc) is 2.77. The summed E-state index contributed by atoms with van der Waals surface area (Å²) in [6.07, 6.45) is 0. The molecule has 0 aromatic heterocycles. The molecule has 0 atom stereocenters. The van der Waals surface area contributed by atoms with Crippen LogP contribution in [0.5, 0.6) is 11.5 Å². The normalized spacial score (nSPS) is 10.5. The van der Waals surface area contributed by atoms with Gasteiger partial charge in [0.15, 0.2) is 0 Å². The summed E-state index contributed by atoms with van der Waals surface area (Å²) in [6.45, 7) is 3.41. The topological polar surface area (TPSA) is 56.8 Å². The van der Waals surface area contributed by atoms with Gasteiger partial charge >= 0.3 is 0 Å². The summed E-state index contributed by atoms with van der Waals surface area (Å²) < 4.78 is 16.5. The molecule has 0 aliphatic heterocycles. The van der Waals surface area contributed by atoms with Crippen LogP contribution in [0.3, 0.4) is 0 Å². The maximum Gasteiger partial charge on any atom is 0.246 e. The van der Waals surface area contributed by atoms with Crippen LogP contribution in [0.2, 0.25) is 0 Å². The van der Waals surface area contributed by atoms with Gasteiger partial charge < -0.3 is 19.5 Å². The Balaban J connectivity index is 1.37. The van der Waals surface area contributed by atoms with Gasteiger partial charge in [-0.25, -0.2) is 0 Å². The van der Waals surface area contributed by atoms with Crippen molar-refractivity contribution in [3.05, 3.63) is 95.1 Å². The fraction of sp³-hybridized carbons (Fsp3) is 0.240. The van der Waals surface area contributed by atoms with E-state index in [-0.39, 0.29) is 12.5 Å². The van der Waals surface area contributed by atoms with E-state index in [9.17, 15) is 4.79 Å². The monoisotopic (exact) mass is 405 g/mol. The maximum atomic E-state index is 12.0. The molecule has 0 spiro atoms. The Bertz CT molecular complexity index is 953. The number of carbonyl (C=O) groups excluding carboxylic acids is 1. The molecule has 5 nitrogen and oxygen atoms in total. The summed E-state index contributed by atoms with van der Waals surface area (Å²) in [5.74, 6) is 1.41. The summed E-state index contributed by atoms with van der Waals surface area (Å²) in [7, 11) is 1.62. The first kappa shape index (κ1) is 21.4. The van der Waals surface area contributed by atoms with Gasteiger partial charge in [0.2, 0.25) is 5.91 Å². The van der Waals surface area contributed by atoms with Gasteiger partial charge in [0.05, 0.1) is 13.7 Å². The highest BCUT2D eigenvalue weighted by atomic mass is 16.5. The van der Waals surface area contributed by atoms with Gasteiger partial charge in [-0.1, -0.05) is 54.1 Å². The second kappa shape index (κ2) is 11.0. The fourth-order valence-electron chi connectivity index (χ4n) is 2.95. The molecule has 5 heteroatoms. The zero-order valence-corrected chi connectivity index (χ0v) is 17.4. The minimum Gasteiger partial charge on any atom is -0.497 e. The molecule has 0 unspecified atom stereocenters. The molecule has 156 valence electrons. The lowest BCUT2D eigenvalue weighted by Gasteiger charge is -2.09. The third-order valence-electron chi connectivity index (χ3n) is 4.54. The minimum absolute atomic E-state index is 0.00883. The Morgan fingerprint density at radius 2 is 1.57 bits per heavy atom. The van der Waals surface area contributed by atoms with Crippen LogP contribution >= 0.6 is 0 Å². The van der Waals surface area contributed by atoms with Crippen molar-refractivity contribution in [3.8, 4) is 11.5 Å². The van der Waals surface area contributed by atoms with Crippen LogP contribution in [0.4, 0.5) is 0 Å². The van der Waals surface area contributed by atoms with E-state index in [0.717, 1.165) is 28.2 Å². The van der Waals surface area contributed by atoms with Crippen molar-refractivity contribution in [2.75, 3.05) is 13.7 Å². The van der Waals surface area contributed by atoms with Crippen LogP contribution in [-0.4, -0.2) is 19.6 Å². The number of rotatable bonds is 10. The molecule has 0 saturated carbocycles. The van der Waals surface area contributed by atoms with Crippen LogP contribution in [0.1, 0.15) is 22.3 Å². The van der Waals surface area contributed by atoms with Gasteiger partial charge in [0.25, 0.3) is 0 Å². The lowest BCUT2D eigenvalue weighted by molar-refractivity contribution is -0.126. The maximum absolute atomic E-state index is 12.0. The number of benzene rings is 3. The van der Waals surface area contributed by atoms with E-state index in [0.29, 0.717) is 19.8 Å². The Hall–Kier alpha value is -3.31. The van der Waals surface area contributed by atoms with E-state index in [1.807, 2.05) is 60.7 Å². The number of aryl methyl sites for hydroxylation is 1. The molecule has 0 bridgehead atoms. The van der Waals surface area contributed by atoms with Crippen LogP contribution in [-0.2, 0) is 29.3 Å². The zero-order chi connectivity index (χ0) is 21.2. The van der Waals surface area contributed by atoms with Crippen molar-refractivity contribution in [1.82, 2.24) is 5.32 Å². The predicted octanol–water partition coefficient (Wildman–Crippen LogP) is 4.42. The third kappa shape index (κ3) is 6.94. The first-order valence-electron chi connectivity index (χ1n) is 9.87. The van der Waals surface area contributed by atoms with E-state index < -0.39 is 0 Å². The van der Waals surface area contributed by atoms with Crippen LogP contribution < -0.4 is 14.8 Å². The van der Waals surface area contributed by atoms with Gasteiger partial charge in [-0.05, 0) is 47.9 Å². The van der Waals surface area contributed by atoms with Crippen molar-refractivity contribution in [1.29, 1.82) is 0 Å². The molecule has 0 aliphatic carbocycles. The van der Waals surface area contributed by atoms with E-state index in [1.54, 1.807) is 7.11 Å². The molecule has 0 radical (unpaired) electrons. The van der Waals surface area contributed by atoms with E-state index in [2.05, 4.69) is 24.4 Å². The zero-order valence-electron chi connectivity index (χ0n) is 17.4. The molecule has 3 aromatic rings. The second-order valence-electron chi connectivity index (χ2n) is 7.04. The third-order valence-corrected chi connectivity index (χ3v) is 4.54. The van der Waals surface area contributed by atoms with Gasteiger partial charge in [0, 0.05) is 6.54 Å². The summed E-state index contributed by atoms with van der Waals surface area (Å²) in [5, 5.41) is 2.86. The molecule has 1 N–H and O–H groups in total. The van der Waals surface area contributed by atoms with Crippen LogP contribution in [0.15, 0.2) is 72.8 Å².